The Morgan fingerprint density at radius 2 is 1.82 bits per heavy atom. The first kappa shape index (κ1) is 17.0. The minimum atomic E-state index is 0.240. The number of aryl methyl sites for hydroxylation is 1. The van der Waals surface area contributed by atoms with Crippen LogP contribution in [-0.4, -0.2) is 62.0 Å². The Bertz CT molecular complexity index is 451. The van der Waals surface area contributed by atoms with Gasteiger partial charge in [-0.3, -0.25) is 0 Å². The number of ether oxygens (including phenoxy) is 1. The van der Waals surface area contributed by atoms with Gasteiger partial charge in [-0.2, -0.15) is 0 Å². The summed E-state index contributed by atoms with van der Waals surface area (Å²) in [6.07, 6.45) is 2.50. The number of carbonyl (C=O) groups is 1. The fraction of sp³-hybridized carbons (Fsp3) is 0.611. The first-order valence-corrected chi connectivity index (χ1v) is 8.25. The third-order valence-corrected chi connectivity index (χ3v) is 4.17. The van der Waals surface area contributed by atoms with Crippen molar-refractivity contribution in [3.8, 4) is 5.75 Å². The first-order valence-electron chi connectivity index (χ1n) is 8.25. The van der Waals surface area contributed by atoms with Gasteiger partial charge >= 0.3 is 0 Å². The van der Waals surface area contributed by atoms with Crippen molar-refractivity contribution >= 4 is 5.78 Å². The highest BCUT2D eigenvalue weighted by atomic mass is 16.5. The smallest absolute Gasteiger partial charge is 0.130 e. The van der Waals surface area contributed by atoms with Crippen LogP contribution in [-0.2, 0) is 11.2 Å². The zero-order valence-corrected chi connectivity index (χ0v) is 13.9. The second kappa shape index (κ2) is 8.91. The molecule has 4 nitrogen and oxygen atoms in total. The lowest BCUT2D eigenvalue weighted by Crippen LogP contribution is -2.44. The number of piperazine rings is 1. The molecule has 0 bridgehead atoms. The highest BCUT2D eigenvalue weighted by molar-refractivity contribution is 5.75. The molecule has 0 atom stereocenters. The number of benzene rings is 1. The van der Waals surface area contributed by atoms with E-state index in [1.807, 2.05) is 12.1 Å². The Kier molecular flexibility index (Phi) is 6.87. The molecule has 0 N–H and O–H groups in total. The minimum Gasteiger partial charge on any atom is -0.494 e. The van der Waals surface area contributed by atoms with E-state index in [4.69, 9.17) is 4.74 Å². The van der Waals surface area contributed by atoms with E-state index in [0.29, 0.717) is 6.42 Å². The fourth-order valence-corrected chi connectivity index (χ4v) is 2.62. The maximum absolute atomic E-state index is 11.0. The average Bonchev–Trinajstić information content (AvgIpc) is 2.52. The number of ketones is 1. The molecular weight excluding hydrogens is 276 g/mol. The van der Waals surface area contributed by atoms with Crippen LogP contribution in [0.5, 0.6) is 5.75 Å². The van der Waals surface area contributed by atoms with Crippen LogP contribution >= 0.6 is 0 Å². The molecule has 0 amide bonds. The summed E-state index contributed by atoms with van der Waals surface area (Å²) in [7, 11) is 2.18. The van der Waals surface area contributed by atoms with Gasteiger partial charge in [0.05, 0.1) is 6.61 Å². The molecule has 1 aliphatic heterocycles. The SMILES string of the molecule is CC(=O)CCc1ccc(OCCCN2CCN(C)CC2)cc1. The molecule has 0 spiro atoms. The summed E-state index contributed by atoms with van der Waals surface area (Å²) >= 11 is 0. The van der Waals surface area contributed by atoms with Gasteiger partial charge in [-0.05, 0) is 44.5 Å². The Morgan fingerprint density at radius 1 is 1.14 bits per heavy atom. The minimum absolute atomic E-state index is 0.240. The van der Waals surface area contributed by atoms with Crippen molar-refractivity contribution in [3.05, 3.63) is 29.8 Å². The third kappa shape index (κ3) is 6.16. The molecule has 1 saturated heterocycles. The topological polar surface area (TPSA) is 32.8 Å². The number of nitrogens with zero attached hydrogens (tertiary/aromatic N) is 2. The summed E-state index contributed by atoms with van der Waals surface area (Å²) in [6, 6.07) is 8.12. The maximum Gasteiger partial charge on any atom is 0.130 e. The molecule has 1 fully saturated rings. The van der Waals surface area contributed by atoms with E-state index in [-0.39, 0.29) is 5.78 Å². The molecule has 2 rings (SSSR count). The molecule has 22 heavy (non-hydrogen) atoms. The van der Waals surface area contributed by atoms with Gasteiger partial charge < -0.3 is 19.3 Å². The monoisotopic (exact) mass is 304 g/mol. The first-order chi connectivity index (χ1) is 10.6. The summed E-state index contributed by atoms with van der Waals surface area (Å²) in [5.74, 6) is 1.16. The van der Waals surface area contributed by atoms with Gasteiger partial charge in [0.1, 0.15) is 11.5 Å². The number of likely N-dealkylation sites (N-methyl/N-ethyl adjacent to an activating group) is 1. The van der Waals surface area contributed by atoms with Gasteiger partial charge in [0.25, 0.3) is 0 Å². The molecule has 1 aromatic rings. The van der Waals surface area contributed by atoms with Crippen molar-refractivity contribution in [1.29, 1.82) is 0 Å². The lowest BCUT2D eigenvalue weighted by Gasteiger charge is -2.32. The molecule has 1 aromatic carbocycles. The summed E-state index contributed by atoms with van der Waals surface area (Å²) < 4.78 is 5.79. The van der Waals surface area contributed by atoms with Crippen molar-refractivity contribution < 1.29 is 9.53 Å². The Hall–Kier alpha value is -1.39. The van der Waals surface area contributed by atoms with Gasteiger partial charge in [0.15, 0.2) is 0 Å². The molecule has 0 saturated carbocycles. The van der Waals surface area contributed by atoms with Crippen LogP contribution in [0.4, 0.5) is 0 Å². The van der Waals surface area contributed by atoms with E-state index in [0.717, 1.165) is 31.7 Å². The van der Waals surface area contributed by atoms with Crippen molar-refractivity contribution in [2.45, 2.75) is 26.2 Å². The highest BCUT2D eigenvalue weighted by Crippen LogP contribution is 2.14. The Balaban J connectivity index is 1.61. The van der Waals surface area contributed by atoms with Gasteiger partial charge in [-0.15, -0.1) is 0 Å². The van der Waals surface area contributed by atoms with Crippen LogP contribution < -0.4 is 4.74 Å². The molecule has 122 valence electrons. The maximum atomic E-state index is 11.0. The van der Waals surface area contributed by atoms with Gasteiger partial charge in [-0.1, -0.05) is 12.1 Å². The number of Topliss-reactive ketones (excluding diaryl/α,β-unsaturated/α-hetero) is 1. The van der Waals surface area contributed by atoms with Gasteiger partial charge in [-0.25, -0.2) is 0 Å². The van der Waals surface area contributed by atoms with Crippen molar-refractivity contribution in [1.82, 2.24) is 9.80 Å². The molecule has 0 aliphatic carbocycles. The molecule has 0 unspecified atom stereocenters. The van der Waals surface area contributed by atoms with Crippen LogP contribution in [0.1, 0.15) is 25.3 Å². The standard InChI is InChI=1S/C18H28N2O2/c1-16(21)4-5-17-6-8-18(9-7-17)22-15-3-10-20-13-11-19(2)12-14-20/h6-9H,3-5,10-15H2,1-2H3. The van der Waals surface area contributed by atoms with E-state index in [9.17, 15) is 4.79 Å². The predicted octanol–water partition coefficient (Wildman–Crippen LogP) is 2.22. The van der Waals surface area contributed by atoms with Crippen LogP contribution in [0, 0.1) is 0 Å². The van der Waals surface area contributed by atoms with E-state index in [1.54, 1.807) is 6.92 Å². The van der Waals surface area contributed by atoms with Crippen LogP contribution in [0.2, 0.25) is 0 Å². The zero-order valence-electron chi connectivity index (χ0n) is 13.9. The van der Waals surface area contributed by atoms with Gasteiger partial charge in [0.2, 0.25) is 0 Å². The van der Waals surface area contributed by atoms with E-state index in [2.05, 4.69) is 29.0 Å². The van der Waals surface area contributed by atoms with Crippen molar-refractivity contribution in [2.75, 3.05) is 46.4 Å². The predicted molar refractivity (Wildman–Crippen MR) is 89.5 cm³/mol. The van der Waals surface area contributed by atoms with Crippen molar-refractivity contribution in [3.63, 3.8) is 0 Å². The number of hydrogen-bond donors (Lipinski definition) is 0. The Labute approximate surface area is 134 Å². The summed E-state index contributed by atoms with van der Waals surface area (Å²) in [4.78, 5) is 15.9. The van der Waals surface area contributed by atoms with E-state index < -0.39 is 0 Å². The molecule has 0 radical (unpaired) electrons. The van der Waals surface area contributed by atoms with Gasteiger partial charge in [0, 0.05) is 39.1 Å². The lowest BCUT2D eigenvalue weighted by molar-refractivity contribution is -0.116. The number of carbonyl (C=O) groups excluding carboxylic acids is 1. The largest absolute Gasteiger partial charge is 0.494 e. The zero-order chi connectivity index (χ0) is 15.8. The second-order valence-corrected chi connectivity index (χ2v) is 6.19. The fourth-order valence-electron chi connectivity index (χ4n) is 2.62. The second-order valence-electron chi connectivity index (χ2n) is 6.19. The van der Waals surface area contributed by atoms with Crippen LogP contribution in [0.3, 0.4) is 0 Å². The summed E-state index contributed by atoms with van der Waals surface area (Å²) in [5.41, 5.74) is 1.19. The van der Waals surface area contributed by atoms with Crippen molar-refractivity contribution in [2.24, 2.45) is 0 Å². The summed E-state index contributed by atoms with van der Waals surface area (Å²) in [5, 5.41) is 0. The van der Waals surface area contributed by atoms with Crippen LogP contribution in [0.25, 0.3) is 0 Å². The number of rotatable bonds is 8. The van der Waals surface area contributed by atoms with E-state index in [1.165, 1.54) is 31.7 Å². The highest BCUT2D eigenvalue weighted by Gasteiger charge is 2.12. The Morgan fingerprint density at radius 3 is 2.45 bits per heavy atom. The molecular formula is C18H28N2O2. The molecule has 0 aromatic heterocycles. The summed E-state index contributed by atoms with van der Waals surface area (Å²) in [6.45, 7) is 8.19. The van der Waals surface area contributed by atoms with Crippen LogP contribution in [0.15, 0.2) is 24.3 Å². The molecule has 4 heteroatoms. The molecule has 1 aliphatic rings. The average molecular weight is 304 g/mol. The molecule has 1 heterocycles. The lowest BCUT2D eigenvalue weighted by atomic mass is 10.1. The third-order valence-electron chi connectivity index (χ3n) is 4.17. The number of hydrogen-bond acceptors (Lipinski definition) is 4. The van der Waals surface area contributed by atoms with E-state index >= 15 is 0 Å². The normalized spacial score (nSPS) is 16.6. The quantitative estimate of drug-likeness (QED) is 0.690.